The average molecular weight is 220 g/mol. The summed E-state index contributed by atoms with van der Waals surface area (Å²) in [7, 11) is 0. The van der Waals surface area contributed by atoms with Crippen molar-refractivity contribution >= 4 is 0 Å². The van der Waals surface area contributed by atoms with Crippen LogP contribution in [0.5, 0.6) is 0 Å². The van der Waals surface area contributed by atoms with Crippen molar-refractivity contribution in [3.8, 4) is 0 Å². The molecule has 1 aromatic heterocycles. The molecule has 0 radical (unpaired) electrons. The van der Waals surface area contributed by atoms with Gasteiger partial charge in [0.2, 0.25) is 0 Å². The van der Waals surface area contributed by atoms with Gasteiger partial charge in [0.15, 0.2) is 0 Å². The molecule has 1 aliphatic carbocycles. The van der Waals surface area contributed by atoms with E-state index in [2.05, 4.69) is 42.1 Å². The van der Waals surface area contributed by atoms with Gasteiger partial charge < -0.3 is 9.88 Å². The maximum absolute atomic E-state index is 3.49. The highest BCUT2D eigenvalue weighted by Gasteiger charge is 2.17. The number of aromatic nitrogens is 1. The number of nitrogens with zero attached hydrogens (tertiary/aromatic N) is 1. The smallest absolute Gasteiger partial charge is 0.0446 e. The molecule has 90 valence electrons. The maximum Gasteiger partial charge on any atom is 0.0446 e. The Morgan fingerprint density at radius 1 is 1.44 bits per heavy atom. The van der Waals surface area contributed by atoms with E-state index in [-0.39, 0.29) is 0 Å². The molecular formula is C14H24N2. The van der Waals surface area contributed by atoms with Crippen molar-refractivity contribution in [3.63, 3.8) is 0 Å². The number of rotatable bonds is 5. The summed E-state index contributed by atoms with van der Waals surface area (Å²) < 4.78 is 2.45. The van der Waals surface area contributed by atoms with Gasteiger partial charge in [0.1, 0.15) is 0 Å². The topological polar surface area (TPSA) is 17.0 Å². The van der Waals surface area contributed by atoms with Gasteiger partial charge in [-0.15, -0.1) is 0 Å². The van der Waals surface area contributed by atoms with Crippen LogP contribution in [0.1, 0.15) is 51.3 Å². The predicted octanol–water partition coefficient (Wildman–Crippen LogP) is 3.35. The third-order valence-electron chi connectivity index (χ3n) is 3.75. The fraction of sp³-hybridized carbons (Fsp3) is 0.714. The molecule has 1 atom stereocenters. The Bertz CT molecular complexity index is 310. The van der Waals surface area contributed by atoms with Gasteiger partial charge in [0, 0.05) is 24.5 Å². The molecule has 0 saturated heterocycles. The fourth-order valence-electron chi connectivity index (χ4n) is 2.87. The van der Waals surface area contributed by atoms with E-state index in [0.717, 1.165) is 12.5 Å². The Labute approximate surface area is 99.0 Å². The Balaban J connectivity index is 2.00. The largest absolute Gasteiger partial charge is 0.350 e. The highest BCUT2D eigenvalue weighted by atomic mass is 15.0. The van der Waals surface area contributed by atoms with E-state index in [0.29, 0.717) is 6.04 Å². The molecule has 1 aromatic rings. The van der Waals surface area contributed by atoms with Crippen LogP contribution in [0, 0.1) is 5.92 Å². The zero-order valence-corrected chi connectivity index (χ0v) is 10.6. The first-order valence-electron chi connectivity index (χ1n) is 6.69. The summed E-state index contributed by atoms with van der Waals surface area (Å²) in [5.74, 6) is 0.917. The predicted molar refractivity (Wildman–Crippen MR) is 68.5 cm³/mol. The van der Waals surface area contributed by atoms with Gasteiger partial charge in [-0.1, -0.05) is 19.8 Å². The average Bonchev–Trinajstić information content (AvgIpc) is 2.90. The van der Waals surface area contributed by atoms with E-state index in [9.17, 15) is 0 Å². The molecule has 1 heterocycles. The van der Waals surface area contributed by atoms with Crippen molar-refractivity contribution in [3.05, 3.63) is 24.0 Å². The maximum atomic E-state index is 3.49. The van der Waals surface area contributed by atoms with E-state index < -0.39 is 0 Å². The summed E-state index contributed by atoms with van der Waals surface area (Å²) >= 11 is 0. The molecule has 1 fully saturated rings. The number of nitrogens with one attached hydrogen (secondary N) is 1. The lowest BCUT2D eigenvalue weighted by atomic mass is 10.1. The Morgan fingerprint density at radius 2 is 2.19 bits per heavy atom. The van der Waals surface area contributed by atoms with Crippen molar-refractivity contribution in [2.45, 2.75) is 52.1 Å². The van der Waals surface area contributed by atoms with Crippen molar-refractivity contribution in [1.82, 2.24) is 9.88 Å². The van der Waals surface area contributed by atoms with Crippen molar-refractivity contribution in [2.75, 3.05) is 6.54 Å². The Hall–Kier alpha value is -0.760. The summed E-state index contributed by atoms with van der Waals surface area (Å²) in [5.41, 5.74) is 1.44. The minimum absolute atomic E-state index is 0.474. The van der Waals surface area contributed by atoms with Crippen LogP contribution in [-0.4, -0.2) is 11.1 Å². The van der Waals surface area contributed by atoms with E-state index in [1.165, 1.54) is 37.9 Å². The second kappa shape index (κ2) is 5.53. The first-order chi connectivity index (χ1) is 7.81. The standard InChI is InChI=1S/C14H24N2/c1-3-15-12(2)14-9-6-10-16(14)11-13-7-4-5-8-13/h6,9-10,12-13,15H,3-5,7-8,11H2,1-2H3. The molecule has 1 N–H and O–H groups in total. The minimum Gasteiger partial charge on any atom is -0.350 e. The van der Waals surface area contributed by atoms with E-state index in [1.54, 1.807) is 0 Å². The van der Waals surface area contributed by atoms with Crippen molar-refractivity contribution in [2.24, 2.45) is 5.92 Å². The van der Waals surface area contributed by atoms with E-state index in [4.69, 9.17) is 0 Å². The second-order valence-corrected chi connectivity index (χ2v) is 5.02. The molecule has 0 amide bonds. The van der Waals surface area contributed by atoms with E-state index >= 15 is 0 Å². The highest BCUT2D eigenvalue weighted by molar-refractivity contribution is 5.11. The summed E-state index contributed by atoms with van der Waals surface area (Å²) in [4.78, 5) is 0. The first kappa shape index (κ1) is 11.7. The molecular weight excluding hydrogens is 196 g/mol. The lowest BCUT2D eigenvalue weighted by Gasteiger charge is -2.18. The van der Waals surface area contributed by atoms with E-state index in [1.807, 2.05) is 0 Å². The lowest BCUT2D eigenvalue weighted by molar-refractivity contribution is 0.434. The molecule has 1 unspecified atom stereocenters. The molecule has 1 aliphatic rings. The molecule has 1 saturated carbocycles. The second-order valence-electron chi connectivity index (χ2n) is 5.02. The minimum atomic E-state index is 0.474. The summed E-state index contributed by atoms with van der Waals surface area (Å²) in [6, 6.07) is 4.90. The van der Waals surface area contributed by atoms with Crippen LogP contribution in [0.4, 0.5) is 0 Å². The fourth-order valence-corrected chi connectivity index (χ4v) is 2.87. The monoisotopic (exact) mass is 220 g/mol. The highest BCUT2D eigenvalue weighted by Crippen LogP contribution is 2.27. The normalized spacial score (nSPS) is 19.1. The Morgan fingerprint density at radius 3 is 2.88 bits per heavy atom. The quantitative estimate of drug-likeness (QED) is 0.805. The van der Waals surface area contributed by atoms with Crippen LogP contribution >= 0.6 is 0 Å². The molecule has 0 aliphatic heterocycles. The molecule has 0 bridgehead atoms. The van der Waals surface area contributed by atoms with Gasteiger partial charge in [-0.25, -0.2) is 0 Å². The molecule has 2 heteroatoms. The van der Waals surface area contributed by atoms with Crippen molar-refractivity contribution in [1.29, 1.82) is 0 Å². The summed E-state index contributed by atoms with van der Waals surface area (Å²) in [5, 5.41) is 3.49. The zero-order valence-electron chi connectivity index (χ0n) is 10.6. The third-order valence-corrected chi connectivity index (χ3v) is 3.75. The van der Waals surface area contributed by atoms with Gasteiger partial charge in [-0.3, -0.25) is 0 Å². The molecule has 2 nitrogen and oxygen atoms in total. The SMILES string of the molecule is CCNC(C)c1cccn1CC1CCCC1. The Kier molecular flexibility index (Phi) is 4.05. The van der Waals surface area contributed by atoms with Gasteiger partial charge in [0.05, 0.1) is 0 Å². The van der Waals surface area contributed by atoms with Crippen LogP contribution in [-0.2, 0) is 6.54 Å². The molecule has 0 aromatic carbocycles. The van der Waals surface area contributed by atoms with Crippen LogP contribution < -0.4 is 5.32 Å². The van der Waals surface area contributed by atoms with Crippen LogP contribution in [0.15, 0.2) is 18.3 Å². The lowest BCUT2D eigenvalue weighted by Crippen LogP contribution is -2.21. The molecule has 16 heavy (non-hydrogen) atoms. The number of hydrogen-bond acceptors (Lipinski definition) is 1. The van der Waals surface area contributed by atoms with Gasteiger partial charge in [-0.2, -0.15) is 0 Å². The summed E-state index contributed by atoms with van der Waals surface area (Å²) in [6.07, 6.45) is 7.95. The van der Waals surface area contributed by atoms with Gasteiger partial charge >= 0.3 is 0 Å². The van der Waals surface area contributed by atoms with Crippen molar-refractivity contribution < 1.29 is 0 Å². The van der Waals surface area contributed by atoms with Crippen LogP contribution in [0.2, 0.25) is 0 Å². The molecule has 0 spiro atoms. The first-order valence-corrected chi connectivity index (χ1v) is 6.69. The molecule has 2 rings (SSSR count). The number of hydrogen-bond donors (Lipinski definition) is 1. The summed E-state index contributed by atoms with van der Waals surface area (Å²) in [6.45, 7) is 6.68. The van der Waals surface area contributed by atoms with Gasteiger partial charge in [-0.05, 0) is 44.4 Å². The van der Waals surface area contributed by atoms with Gasteiger partial charge in [0.25, 0.3) is 0 Å². The van der Waals surface area contributed by atoms with Crippen LogP contribution in [0.25, 0.3) is 0 Å². The van der Waals surface area contributed by atoms with Crippen LogP contribution in [0.3, 0.4) is 0 Å². The third kappa shape index (κ3) is 2.67. The zero-order chi connectivity index (χ0) is 11.4.